The molecule has 0 N–H and O–H groups in total. The zero-order valence-corrected chi connectivity index (χ0v) is 12.5. The summed E-state index contributed by atoms with van der Waals surface area (Å²) >= 11 is 0. The van der Waals surface area contributed by atoms with Crippen LogP contribution < -0.4 is 4.74 Å². The van der Waals surface area contributed by atoms with Crippen LogP contribution in [-0.4, -0.2) is 17.6 Å². The predicted octanol–water partition coefficient (Wildman–Crippen LogP) is 4.47. The van der Waals surface area contributed by atoms with Gasteiger partial charge in [0.25, 0.3) is 5.91 Å². The highest BCUT2D eigenvalue weighted by Gasteiger charge is 2.29. The minimum absolute atomic E-state index is 0.0425. The molecular formula is C20H13NO2. The normalized spacial score (nSPS) is 12.7. The van der Waals surface area contributed by atoms with Gasteiger partial charge >= 0.3 is 0 Å². The monoisotopic (exact) mass is 299 g/mol. The molecule has 0 saturated heterocycles. The lowest BCUT2D eigenvalue weighted by atomic mass is 10.0. The second-order valence-corrected chi connectivity index (χ2v) is 5.84. The minimum Gasteiger partial charge on any atom is -0.497 e. The molecule has 110 valence electrons. The summed E-state index contributed by atoms with van der Waals surface area (Å²) in [6, 6.07) is 20.1. The first kappa shape index (κ1) is 12.5. The number of aromatic nitrogens is 1. The molecule has 1 aliphatic heterocycles. The zero-order valence-electron chi connectivity index (χ0n) is 12.5. The first-order chi connectivity index (χ1) is 11.3. The van der Waals surface area contributed by atoms with Crippen molar-refractivity contribution >= 4 is 27.6 Å². The Labute approximate surface area is 132 Å². The Morgan fingerprint density at radius 2 is 1.57 bits per heavy atom. The Kier molecular flexibility index (Phi) is 2.29. The molecule has 4 aromatic rings. The number of hydrogen-bond donors (Lipinski definition) is 0. The lowest BCUT2D eigenvalue weighted by Gasteiger charge is -2.03. The van der Waals surface area contributed by atoms with E-state index in [0.717, 1.165) is 44.2 Å². The second-order valence-electron chi connectivity index (χ2n) is 5.84. The summed E-state index contributed by atoms with van der Waals surface area (Å²) in [5.74, 6) is 0.842. The van der Waals surface area contributed by atoms with Crippen LogP contribution in [0.4, 0.5) is 0 Å². The number of hydrogen-bond acceptors (Lipinski definition) is 2. The number of benzene rings is 3. The molecule has 1 aromatic heterocycles. The van der Waals surface area contributed by atoms with E-state index < -0.39 is 0 Å². The number of fused-ring (bicyclic) bond motifs is 6. The third kappa shape index (κ3) is 1.56. The lowest BCUT2D eigenvalue weighted by molar-refractivity contribution is 0.0974. The lowest BCUT2D eigenvalue weighted by Crippen LogP contribution is -2.05. The molecule has 0 amide bonds. The van der Waals surface area contributed by atoms with E-state index in [-0.39, 0.29) is 5.91 Å². The van der Waals surface area contributed by atoms with Crippen LogP contribution in [0.5, 0.6) is 5.75 Å². The van der Waals surface area contributed by atoms with Crippen molar-refractivity contribution in [1.82, 2.24) is 4.57 Å². The van der Waals surface area contributed by atoms with Crippen molar-refractivity contribution in [2.45, 2.75) is 0 Å². The van der Waals surface area contributed by atoms with Crippen molar-refractivity contribution in [2.75, 3.05) is 7.11 Å². The molecule has 3 nitrogen and oxygen atoms in total. The number of carbonyl (C=O) groups excluding carboxylic acids is 1. The van der Waals surface area contributed by atoms with Gasteiger partial charge in [0.2, 0.25) is 0 Å². The SMILES string of the molecule is COc1ccc2c(c1)cc1n2C(=O)c2cc3ccccc3cc2-1. The molecule has 2 heterocycles. The summed E-state index contributed by atoms with van der Waals surface area (Å²) in [6.45, 7) is 0. The molecule has 0 aliphatic carbocycles. The molecule has 0 spiro atoms. The maximum atomic E-state index is 12.9. The zero-order chi connectivity index (χ0) is 15.6. The second kappa shape index (κ2) is 4.23. The Bertz CT molecular complexity index is 1120. The summed E-state index contributed by atoms with van der Waals surface area (Å²) in [7, 11) is 1.65. The molecule has 3 heteroatoms. The Morgan fingerprint density at radius 1 is 0.826 bits per heavy atom. The molecule has 0 bridgehead atoms. The third-order valence-corrected chi connectivity index (χ3v) is 4.60. The average molecular weight is 299 g/mol. The first-order valence-electron chi connectivity index (χ1n) is 7.53. The van der Waals surface area contributed by atoms with E-state index in [1.54, 1.807) is 11.7 Å². The van der Waals surface area contributed by atoms with Gasteiger partial charge in [0.15, 0.2) is 0 Å². The van der Waals surface area contributed by atoms with Crippen LogP contribution in [0.25, 0.3) is 32.9 Å². The smallest absolute Gasteiger partial charge is 0.263 e. The number of carbonyl (C=O) groups is 1. The fraction of sp³-hybridized carbons (Fsp3) is 0.0500. The highest BCUT2D eigenvalue weighted by Crippen LogP contribution is 2.39. The Hall–Kier alpha value is -3.07. The van der Waals surface area contributed by atoms with Crippen LogP contribution in [0.3, 0.4) is 0 Å². The van der Waals surface area contributed by atoms with Gasteiger partial charge in [-0.3, -0.25) is 9.36 Å². The van der Waals surface area contributed by atoms with Crippen LogP contribution in [0.15, 0.2) is 60.7 Å². The molecule has 0 radical (unpaired) electrons. The summed E-state index contributed by atoms with van der Waals surface area (Å²) in [6.07, 6.45) is 0. The first-order valence-corrected chi connectivity index (χ1v) is 7.53. The number of methoxy groups -OCH3 is 1. The van der Waals surface area contributed by atoms with Crippen molar-refractivity contribution < 1.29 is 9.53 Å². The summed E-state index contributed by atoms with van der Waals surface area (Å²) < 4.78 is 7.09. The average Bonchev–Trinajstić information content (AvgIpc) is 3.09. The van der Waals surface area contributed by atoms with E-state index in [9.17, 15) is 4.79 Å². The highest BCUT2D eigenvalue weighted by atomic mass is 16.5. The molecule has 3 aromatic carbocycles. The highest BCUT2D eigenvalue weighted by molar-refractivity contribution is 6.16. The van der Waals surface area contributed by atoms with Gasteiger partial charge in [-0.1, -0.05) is 24.3 Å². The Balaban J connectivity index is 1.85. The largest absolute Gasteiger partial charge is 0.497 e. The summed E-state index contributed by atoms with van der Waals surface area (Å²) in [5.41, 5.74) is 3.66. The van der Waals surface area contributed by atoms with Gasteiger partial charge in [0.05, 0.1) is 23.9 Å². The van der Waals surface area contributed by atoms with Gasteiger partial charge in [-0.25, -0.2) is 0 Å². The van der Waals surface area contributed by atoms with E-state index in [4.69, 9.17) is 4.74 Å². The molecule has 0 saturated carbocycles. The van der Waals surface area contributed by atoms with E-state index >= 15 is 0 Å². The Morgan fingerprint density at radius 3 is 2.30 bits per heavy atom. The maximum Gasteiger partial charge on any atom is 0.263 e. The molecule has 0 fully saturated rings. The van der Waals surface area contributed by atoms with E-state index in [0.29, 0.717) is 0 Å². The minimum atomic E-state index is 0.0425. The van der Waals surface area contributed by atoms with Crippen LogP contribution in [0.1, 0.15) is 10.4 Å². The fourth-order valence-electron chi connectivity index (χ4n) is 3.49. The van der Waals surface area contributed by atoms with Crippen molar-refractivity contribution in [3.63, 3.8) is 0 Å². The van der Waals surface area contributed by atoms with E-state index in [1.165, 1.54) is 0 Å². The number of ether oxygens (including phenoxy) is 1. The van der Waals surface area contributed by atoms with Crippen molar-refractivity contribution in [1.29, 1.82) is 0 Å². The molecule has 0 unspecified atom stereocenters. The molecule has 0 atom stereocenters. The van der Waals surface area contributed by atoms with Gasteiger partial charge in [-0.2, -0.15) is 0 Å². The van der Waals surface area contributed by atoms with Crippen LogP contribution in [0.2, 0.25) is 0 Å². The summed E-state index contributed by atoms with van der Waals surface area (Å²) in [4.78, 5) is 12.9. The predicted molar refractivity (Wildman–Crippen MR) is 91.2 cm³/mol. The van der Waals surface area contributed by atoms with Gasteiger partial charge in [-0.05, 0) is 47.2 Å². The number of nitrogens with zero attached hydrogens (tertiary/aromatic N) is 1. The van der Waals surface area contributed by atoms with Crippen LogP contribution in [0, 0.1) is 0 Å². The third-order valence-electron chi connectivity index (χ3n) is 4.60. The van der Waals surface area contributed by atoms with E-state index in [1.807, 2.05) is 42.5 Å². The molecular weight excluding hydrogens is 286 g/mol. The van der Waals surface area contributed by atoms with Gasteiger partial charge in [-0.15, -0.1) is 0 Å². The summed E-state index contributed by atoms with van der Waals surface area (Å²) in [5, 5.41) is 3.26. The van der Waals surface area contributed by atoms with Crippen LogP contribution in [-0.2, 0) is 0 Å². The van der Waals surface area contributed by atoms with Gasteiger partial charge in [0.1, 0.15) is 5.75 Å². The van der Waals surface area contributed by atoms with E-state index in [2.05, 4.69) is 18.2 Å². The van der Waals surface area contributed by atoms with Crippen molar-refractivity contribution in [3.05, 3.63) is 66.2 Å². The van der Waals surface area contributed by atoms with Gasteiger partial charge in [0, 0.05) is 10.9 Å². The quantitative estimate of drug-likeness (QED) is 0.457. The fourth-order valence-corrected chi connectivity index (χ4v) is 3.49. The molecule has 1 aliphatic rings. The maximum absolute atomic E-state index is 12.9. The number of rotatable bonds is 1. The standard InChI is InChI=1S/C20H13NO2/c1-23-15-6-7-18-14(8-15)11-19-16-9-12-4-2-3-5-13(12)10-17(16)20(22)21(18)19/h2-11H,1H3. The molecule has 23 heavy (non-hydrogen) atoms. The van der Waals surface area contributed by atoms with Crippen molar-refractivity contribution in [3.8, 4) is 17.0 Å². The molecule has 5 rings (SSSR count). The topological polar surface area (TPSA) is 31.2 Å². The van der Waals surface area contributed by atoms with Crippen LogP contribution >= 0.6 is 0 Å². The van der Waals surface area contributed by atoms with Gasteiger partial charge < -0.3 is 4.74 Å². The van der Waals surface area contributed by atoms with Crippen molar-refractivity contribution in [2.24, 2.45) is 0 Å².